The number of aromatic nitrogens is 6. The zero-order chi connectivity index (χ0) is 17.1. The summed E-state index contributed by atoms with van der Waals surface area (Å²) in [4.78, 5) is 0. The molecule has 2 heterocycles. The average molecular weight is 329 g/mol. The Hall–Kier alpha value is -2.61. The molecule has 126 valence electrons. The second-order valence-electron chi connectivity index (χ2n) is 5.86. The highest BCUT2D eigenvalue weighted by atomic mass is 19.1. The van der Waals surface area contributed by atoms with Crippen LogP contribution in [0.25, 0.3) is 5.69 Å². The van der Waals surface area contributed by atoms with Gasteiger partial charge in [-0.3, -0.25) is 4.68 Å². The highest BCUT2D eigenvalue weighted by Crippen LogP contribution is 2.16. The summed E-state index contributed by atoms with van der Waals surface area (Å²) in [6.45, 7) is 6.47. The van der Waals surface area contributed by atoms with E-state index in [0.29, 0.717) is 18.1 Å². The van der Waals surface area contributed by atoms with Crippen molar-refractivity contribution in [1.29, 1.82) is 0 Å². The molecule has 0 bridgehead atoms. The molecule has 0 aliphatic rings. The molecule has 0 spiro atoms. The SMILES string of the molecule is Cc1ccc(F)c(-n2nnnc2CN[C@@H](C)[C@@H](C)n2cccn2)c1. The Kier molecular flexibility index (Phi) is 4.66. The lowest BCUT2D eigenvalue weighted by atomic mass is 10.2. The van der Waals surface area contributed by atoms with Gasteiger partial charge in [0.25, 0.3) is 0 Å². The molecule has 0 radical (unpaired) electrons. The molecule has 0 amide bonds. The highest BCUT2D eigenvalue weighted by Gasteiger charge is 2.17. The van der Waals surface area contributed by atoms with Gasteiger partial charge in [-0.1, -0.05) is 6.07 Å². The third kappa shape index (κ3) is 3.33. The molecule has 0 fully saturated rings. The van der Waals surface area contributed by atoms with E-state index in [1.54, 1.807) is 18.3 Å². The van der Waals surface area contributed by atoms with Gasteiger partial charge in [-0.25, -0.2) is 4.39 Å². The molecule has 3 rings (SSSR count). The van der Waals surface area contributed by atoms with Crippen LogP contribution in [0.3, 0.4) is 0 Å². The Morgan fingerprint density at radius 1 is 1.29 bits per heavy atom. The Morgan fingerprint density at radius 2 is 2.12 bits per heavy atom. The van der Waals surface area contributed by atoms with Gasteiger partial charge in [0.2, 0.25) is 0 Å². The summed E-state index contributed by atoms with van der Waals surface area (Å²) < 4.78 is 17.4. The molecule has 1 N–H and O–H groups in total. The second kappa shape index (κ2) is 6.88. The zero-order valence-electron chi connectivity index (χ0n) is 13.9. The third-order valence-electron chi connectivity index (χ3n) is 4.11. The van der Waals surface area contributed by atoms with Gasteiger partial charge in [-0.2, -0.15) is 9.78 Å². The second-order valence-corrected chi connectivity index (χ2v) is 5.86. The van der Waals surface area contributed by atoms with Crippen LogP contribution in [-0.4, -0.2) is 36.0 Å². The Bertz CT molecular complexity index is 797. The summed E-state index contributed by atoms with van der Waals surface area (Å²) >= 11 is 0. The minimum atomic E-state index is -0.355. The minimum Gasteiger partial charge on any atom is -0.305 e. The topological polar surface area (TPSA) is 73.5 Å². The first-order chi connectivity index (χ1) is 11.6. The number of benzene rings is 1. The number of nitrogens with one attached hydrogen (secondary N) is 1. The fourth-order valence-corrected chi connectivity index (χ4v) is 2.46. The van der Waals surface area contributed by atoms with Gasteiger partial charge in [0.15, 0.2) is 5.82 Å². The fourth-order valence-electron chi connectivity index (χ4n) is 2.46. The van der Waals surface area contributed by atoms with Crippen LogP contribution < -0.4 is 5.32 Å². The maximum Gasteiger partial charge on any atom is 0.170 e. The van der Waals surface area contributed by atoms with E-state index in [4.69, 9.17) is 0 Å². The third-order valence-corrected chi connectivity index (χ3v) is 4.11. The summed E-state index contributed by atoms with van der Waals surface area (Å²) in [6, 6.07) is 7.06. The first-order valence-corrected chi connectivity index (χ1v) is 7.82. The lowest BCUT2D eigenvalue weighted by Crippen LogP contribution is -2.34. The molecule has 7 nitrogen and oxygen atoms in total. The van der Waals surface area contributed by atoms with Crippen molar-refractivity contribution in [2.75, 3.05) is 0 Å². The summed E-state index contributed by atoms with van der Waals surface area (Å²) in [5, 5.41) is 19.2. The molecule has 0 saturated carbocycles. The van der Waals surface area contributed by atoms with Crippen molar-refractivity contribution in [3.63, 3.8) is 0 Å². The van der Waals surface area contributed by atoms with Crippen LogP contribution in [-0.2, 0) is 6.54 Å². The molecule has 0 aliphatic carbocycles. The van der Waals surface area contributed by atoms with Gasteiger partial charge >= 0.3 is 0 Å². The molecule has 0 saturated heterocycles. The number of hydrogen-bond donors (Lipinski definition) is 1. The summed E-state index contributed by atoms with van der Waals surface area (Å²) in [6.07, 6.45) is 3.68. The summed E-state index contributed by atoms with van der Waals surface area (Å²) in [5.74, 6) is 0.200. The average Bonchev–Trinajstić information content (AvgIpc) is 3.25. The van der Waals surface area contributed by atoms with Crippen molar-refractivity contribution in [3.8, 4) is 5.69 Å². The predicted octanol–water partition coefficient (Wildman–Crippen LogP) is 2.05. The summed E-state index contributed by atoms with van der Waals surface area (Å²) in [7, 11) is 0. The lowest BCUT2D eigenvalue weighted by Gasteiger charge is -2.21. The van der Waals surface area contributed by atoms with E-state index in [-0.39, 0.29) is 17.9 Å². The van der Waals surface area contributed by atoms with Crippen molar-refractivity contribution in [2.45, 2.75) is 39.4 Å². The van der Waals surface area contributed by atoms with Crippen molar-refractivity contribution in [2.24, 2.45) is 0 Å². The maximum atomic E-state index is 14.1. The van der Waals surface area contributed by atoms with Gasteiger partial charge in [0.05, 0.1) is 12.6 Å². The van der Waals surface area contributed by atoms with E-state index in [2.05, 4.69) is 39.8 Å². The number of halogens is 1. The van der Waals surface area contributed by atoms with Crippen LogP contribution in [0.2, 0.25) is 0 Å². The van der Waals surface area contributed by atoms with E-state index >= 15 is 0 Å². The quantitative estimate of drug-likeness (QED) is 0.749. The number of rotatable bonds is 6. The smallest absolute Gasteiger partial charge is 0.170 e. The van der Waals surface area contributed by atoms with Crippen LogP contribution in [0.5, 0.6) is 0 Å². The van der Waals surface area contributed by atoms with Crippen molar-refractivity contribution < 1.29 is 4.39 Å². The van der Waals surface area contributed by atoms with Crippen molar-refractivity contribution >= 4 is 0 Å². The van der Waals surface area contributed by atoms with Gasteiger partial charge < -0.3 is 5.32 Å². The van der Waals surface area contributed by atoms with E-state index < -0.39 is 0 Å². The molecule has 0 aliphatic heterocycles. The van der Waals surface area contributed by atoms with Crippen LogP contribution >= 0.6 is 0 Å². The van der Waals surface area contributed by atoms with Crippen molar-refractivity contribution in [3.05, 3.63) is 53.9 Å². The number of nitrogens with zero attached hydrogens (tertiary/aromatic N) is 6. The Balaban J connectivity index is 1.73. The molecular formula is C16H20FN7. The Morgan fingerprint density at radius 3 is 2.88 bits per heavy atom. The normalized spacial score (nSPS) is 13.8. The molecule has 3 aromatic rings. The van der Waals surface area contributed by atoms with Crippen LogP contribution in [0, 0.1) is 12.7 Å². The predicted molar refractivity (Wildman–Crippen MR) is 87.1 cm³/mol. The highest BCUT2D eigenvalue weighted by molar-refractivity contribution is 5.36. The molecule has 8 heteroatoms. The van der Waals surface area contributed by atoms with Gasteiger partial charge in [-0.05, 0) is 55.0 Å². The number of hydrogen-bond acceptors (Lipinski definition) is 5. The first kappa shape index (κ1) is 16.3. The number of tetrazole rings is 1. The molecule has 0 unspecified atom stereocenters. The van der Waals surface area contributed by atoms with Gasteiger partial charge in [0, 0.05) is 18.4 Å². The van der Waals surface area contributed by atoms with E-state index in [1.807, 2.05) is 23.9 Å². The lowest BCUT2D eigenvalue weighted by molar-refractivity contribution is 0.361. The maximum absolute atomic E-state index is 14.1. The van der Waals surface area contributed by atoms with Crippen LogP contribution in [0.4, 0.5) is 4.39 Å². The minimum absolute atomic E-state index is 0.136. The molecule has 24 heavy (non-hydrogen) atoms. The molecule has 2 aromatic heterocycles. The van der Waals surface area contributed by atoms with Crippen LogP contribution in [0.15, 0.2) is 36.7 Å². The fraction of sp³-hybridized carbons (Fsp3) is 0.375. The van der Waals surface area contributed by atoms with E-state index in [0.717, 1.165) is 5.56 Å². The number of aryl methyl sites for hydroxylation is 1. The standard InChI is InChI=1S/C16H20FN7/c1-11-5-6-14(17)15(9-11)24-16(20-21-22-24)10-18-12(2)13(3)23-8-4-7-19-23/h4-9,12-13,18H,10H2,1-3H3/t12-,13+/m0/s1. The zero-order valence-corrected chi connectivity index (χ0v) is 13.9. The van der Waals surface area contributed by atoms with Crippen LogP contribution in [0.1, 0.15) is 31.3 Å². The Labute approximate surface area is 139 Å². The van der Waals surface area contributed by atoms with Gasteiger partial charge in [0.1, 0.15) is 11.5 Å². The molecule has 2 atom stereocenters. The molecule has 1 aromatic carbocycles. The summed E-state index contributed by atoms with van der Waals surface area (Å²) in [5.41, 5.74) is 1.30. The van der Waals surface area contributed by atoms with Gasteiger partial charge in [-0.15, -0.1) is 5.10 Å². The monoisotopic (exact) mass is 329 g/mol. The van der Waals surface area contributed by atoms with E-state index in [1.165, 1.54) is 10.7 Å². The largest absolute Gasteiger partial charge is 0.305 e. The van der Waals surface area contributed by atoms with E-state index in [9.17, 15) is 4.39 Å². The van der Waals surface area contributed by atoms with Crippen molar-refractivity contribution in [1.82, 2.24) is 35.3 Å². The first-order valence-electron chi connectivity index (χ1n) is 7.82. The molecular weight excluding hydrogens is 309 g/mol.